The van der Waals surface area contributed by atoms with Crippen molar-refractivity contribution in [3.8, 4) is 0 Å². The maximum absolute atomic E-state index is 11.6. The molecule has 0 aliphatic carbocycles. The van der Waals surface area contributed by atoms with Crippen molar-refractivity contribution in [3.05, 3.63) is 28.2 Å². The molecule has 20 heavy (non-hydrogen) atoms. The van der Waals surface area contributed by atoms with E-state index in [0.29, 0.717) is 28.6 Å². The van der Waals surface area contributed by atoms with Gasteiger partial charge in [-0.3, -0.25) is 9.59 Å². The van der Waals surface area contributed by atoms with Crippen molar-refractivity contribution in [1.82, 2.24) is 5.32 Å². The standard InChI is InChI=1S/C13H16Cl2N2O3/c1-2-11(18)3-4-16-12(19)13(20)17-10-6-8(14)5-9(15)7-10/h5-7,11,18H,2-4H2,1H3,(H,16,19)(H,17,20). The number of hydrogen-bond acceptors (Lipinski definition) is 3. The first-order chi connectivity index (χ1) is 9.42. The molecule has 0 spiro atoms. The summed E-state index contributed by atoms with van der Waals surface area (Å²) in [6.07, 6.45) is 0.520. The zero-order valence-corrected chi connectivity index (χ0v) is 12.5. The van der Waals surface area contributed by atoms with Gasteiger partial charge < -0.3 is 15.7 Å². The van der Waals surface area contributed by atoms with Gasteiger partial charge in [-0.25, -0.2) is 0 Å². The summed E-state index contributed by atoms with van der Waals surface area (Å²) in [5.74, 6) is -1.58. The number of carbonyl (C=O) groups excluding carboxylic acids is 2. The number of benzene rings is 1. The predicted molar refractivity (Wildman–Crippen MR) is 79.0 cm³/mol. The fourth-order valence-electron chi connectivity index (χ4n) is 1.45. The summed E-state index contributed by atoms with van der Waals surface area (Å²) in [4.78, 5) is 23.1. The zero-order valence-electron chi connectivity index (χ0n) is 11.0. The lowest BCUT2D eigenvalue weighted by molar-refractivity contribution is -0.136. The average Bonchev–Trinajstić information content (AvgIpc) is 2.36. The Morgan fingerprint density at radius 1 is 1.20 bits per heavy atom. The lowest BCUT2D eigenvalue weighted by atomic mass is 10.2. The molecule has 1 aromatic rings. The van der Waals surface area contributed by atoms with Gasteiger partial charge in [-0.1, -0.05) is 30.1 Å². The van der Waals surface area contributed by atoms with Crippen molar-refractivity contribution in [2.45, 2.75) is 25.9 Å². The van der Waals surface area contributed by atoms with Crippen molar-refractivity contribution in [1.29, 1.82) is 0 Å². The number of aliphatic hydroxyl groups excluding tert-OH is 1. The Balaban J connectivity index is 2.47. The molecule has 2 amide bonds. The maximum atomic E-state index is 11.6. The first-order valence-electron chi connectivity index (χ1n) is 6.15. The number of amides is 2. The van der Waals surface area contributed by atoms with Gasteiger partial charge in [0, 0.05) is 22.3 Å². The molecule has 0 aromatic heterocycles. The first-order valence-corrected chi connectivity index (χ1v) is 6.91. The minimum Gasteiger partial charge on any atom is -0.393 e. The molecule has 0 aliphatic rings. The van der Waals surface area contributed by atoms with E-state index in [1.54, 1.807) is 0 Å². The Morgan fingerprint density at radius 2 is 1.80 bits per heavy atom. The van der Waals surface area contributed by atoms with Gasteiger partial charge in [-0.05, 0) is 31.0 Å². The average molecular weight is 319 g/mol. The summed E-state index contributed by atoms with van der Waals surface area (Å²) in [6.45, 7) is 2.07. The van der Waals surface area contributed by atoms with E-state index in [4.69, 9.17) is 23.2 Å². The van der Waals surface area contributed by atoms with E-state index in [-0.39, 0.29) is 6.54 Å². The number of hydrogen-bond donors (Lipinski definition) is 3. The Bertz CT molecular complexity index is 474. The molecule has 5 nitrogen and oxygen atoms in total. The minimum absolute atomic E-state index is 0.234. The highest BCUT2D eigenvalue weighted by Gasteiger charge is 2.14. The van der Waals surface area contributed by atoms with Crippen molar-refractivity contribution in [2.75, 3.05) is 11.9 Å². The Kier molecular flexibility index (Phi) is 6.78. The summed E-state index contributed by atoms with van der Waals surface area (Å²) in [5.41, 5.74) is 0.344. The molecular weight excluding hydrogens is 303 g/mol. The van der Waals surface area contributed by atoms with E-state index < -0.39 is 17.9 Å². The Morgan fingerprint density at radius 3 is 2.35 bits per heavy atom. The van der Waals surface area contributed by atoms with Crippen LogP contribution in [0.1, 0.15) is 19.8 Å². The van der Waals surface area contributed by atoms with Crippen LogP contribution in [0.4, 0.5) is 5.69 Å². The number of carbonyl (C=O) groups is 2. The van der Waals surface area contributed by atoms with Gasteiger partial charge in [0.05, 0.1) is 6.10 Å². The van der Waals surface area contributed by atoms with Crippen molar-refractivity contribution >= 4 is 40.7 Å². The van der Waals surface area contributed by atoms with Crippen LogP contribution in [0.2, 0.25) is 10.0 Å². The number of halogens is 2. The third-order valence-electron chi connectivity index (χ3n) is 2.56. The third-order valence-corrected chi connectivity index (χ3v) is 3.00. The van der Waals surface area contributed by atoms with Gasteiger partial charge in [0.25, 0.3) is 0 Å². The SMILES string of the molecule is CCC(O)CCNC(=O)C(=O)Nc1cc(Cl)cc(Cl)c1. The normalized spacial score (nSPS) is 11.8. The third kappa shape index (κ3) is 5.77. The molecule has 0 fully saturated rings. The van der Waals surface area contributed by atoms with Crippen molar-refractivity contribution < 1.29 is 14.7 Å². The molecule has 0 aliphatic heterocycles. The van der Waals surface area contributed by atoms with Gasteiger partial charge in [0.1, 0.15) is 0 Å². The minimum atomic E-state index is -0.811. The Labute approximate surface area is 127 Å². The number of aliphatic hydroxyl groups is 1. The van der Waals surface area contributed by atoms with Crippen LogP contribution in [0.5, 0.6) is 0 Å². The zero-order chi connectivity index (χ0) is 15.1. The summed E-state index contributed by atoms with van der Waals surface area (Å²) in [7, 11) is 0. The molecule has 0 radical (unpaired) electrons. The van der Waals surface area contributed by atoms with Crippen LogP contribution in [-0.2, 0) is 9.59 Å². The Hall–Kier alpha value is -1.30. The van der Waals surface area contributed by atoms with E-state index in [0.717, 1.165) is 0 Å². The largest absolute Gasteiger partial charge is 0.393 e. The van der Waals surface area contributed by atoms with Crippen molar-refractivity contribution in [2.24, 2.45) is 0 Å². The topological polar surface area (TPSA) is 78.4 Å². The molecule has 110 valence electrons. The highest BCUT2D eigenvalue weighted by Crippen LogP contribution is 2.22. The predicted octanol–water partition coefficient (Wildman–Crippen LogP) is 2.21. The fourth-order valence-corrected chi connectivity index (χ4v) is 1.98. The first kappa shape index (κ1) is 16.8. The van der Waals surface area contributed by atoms with Gasteiger partial charge >= 0.3 is 11.8 Å². The van der Waals surface area contributed by atoms with E-state index >= 15 is 0 Å². The highest BCUT2D eigenvalue weighted by molar-refractivity contribution is 6.40. The molecule has 1 atom stereocenters. The van der Waals surface area contributed by atoms with Crippen LogP contribution < -0.4 is 10.6 Å². The lowest BCUT2D eigenvalue weighted by Gasteiger charge is -2.09. The van der Waals surface area contributed by atoms with Gasteiger partial charge in [0.2, 0.25) is 0 Å². The summed E-state index contributed by atoms with van der Waals surface area (Å²) in [5, 5.41) is 14.9. The smallest absolute Gasteiger partial charge is 0.313 e. The highest BCUT2D eigenvalue weighted by atomic mass is 35.5. The molecule has 1 rings (SSSR count). The van der Waals surface area contributed by atoms with Gasteiger partial charge in [-0.2, -0.15) is 0 Å². The summed E-state index contributed by atoms with van der Waals surface area (Å²) < 4.78 is 0. The summed E-state index contributed by atoms with van der Waals surface area (Å²) >= 11 is 11.6. The monoisotopic (exact) mass is 318 g/mol. The molecule has 0 bridgehead atoms. The number of rotatable bonds is 5. The molecule has 3 N–H and O–H groups in total. The van der Waals surface area contributed by atoms with Crippen LogP contribution >= 0.6 is 23.2 Å². The lowest BCUT2D eigenvalue weighted by Crippen LogP contribution is -2.36. The van der Waals surface area contributed by atoms with Crippen LogP contribution in [0.3, 0.4) is 0 Å². The second-order valence-electron chi connectivity index (χ2n) is 4.22. The number of nitrogens with one attached hydrogen (secondary N) is 2. The maximum Gasteiger partial charge on any atom is 0.313 e. The van der Waals surface area contributed by atoms with Crippen LogP contribution in [0.25, 0.3) is 0 Å². The molecule has 0 saturated carbocycles. The molecule has 0 saturated heterocycles. The van der Waals surface area contributed by atoms with Crippen molar-refractivity contribution in [3.63, 3.8) is 0 Å². The van der Waals surface area contributed by atoms with Crippen LogP contribution in [0.15, 0.2) is 18.2 Å². The second kappa shape index (κ2) is 8.09. The molecule has 0 heterocycles. The summed E-state index contributed by atoms with van der Waals surface area (Å²) in [6, 6.07) is 4.49. The van der Waals surface area contributed by atoms with E-state index in [2.05, 4.69) is 10.6 Å². The quantitative estimate of drug-likeness (QED) is 0.728. The van der Waals surface area contributed by atoms with Gasteiger partial charge in [-0.15, -0.1) is 0 Å². The second-order valence-corrected chi connectivity index (χ2v) is 5.09. The fraction of sp³-hybridized carbons (Fsp3) is 0.385. The van der Waals surface area contributed by atoms with Crippen LogP contribution in [-0.4, -0.2) is 29.6 Å². The molecular formula is C13H16Cl2N2O3. The molecule has 7 heteroatoms. The van der Waals surface area contributed by atoms with Crippen LogP contribution in [0, 0.1) is 0 Å². The molecule has 1 unspecified atom stereocenters. The number of anilines is 1. The van der Waals surface area contributed by atoms with E-state index in [9.17, 15) is 14.7 Å². The van der Waals surface area contributed by atoms with Gasteiger partial charge in [0.15, 0.2) is 0 Å². The van der Waals surface area contributed by atoms with E-state index in [1.165, 1.54) is 18.2 Å². The van der Waals surface area contributed by atoms with E-state index in [1.807, 2.05) is 6.92 Å². The molecule has 1 aromatic carbocycles.